The number of hydrogen-bond donors (Lipinski definition) is 2. The molecule has 1 atom stereocenters. The Balaban J connectivity index is 1.26. The molecule has 2 fully saturated rings. The molecule has 2 N–H and O–H groups in total. The molecule has 2 aromatic carbocycles. The molecular weight excluding hydrogens is 430 g/mol. The van der Waals surface area contributed by atoms with Crippen molar-refractivity contribution in [3.63, 3.8) is 0 Å². The quantitative estimate of drug-likeness (QED) is 0.610. The van der Waals surface area contributed by atoms with Gasteiger partial charge < -0.3 is 20.2 Å². The SMILES string of the molecule is O=C(O)N1CCCC(C(=O)N2CCC(Nc3nc(-c4ccccc4)c4ccccc4n3)CC2)C1. The zero-order valence-electron chi connectivity index (χ0n) is 19.1. The third-order valence-electron chi connectivity index (χ3n) is 6.83. The Kier molecular flexibility index (Phi) is 6.29. The number of carbonyl (C=O) groups excluding carboxylic acids is 1. The normalized spacial score (nSPS) is 19.2. The number of carboxylic acid groups (broad SMARTS) is 1. The number of para-hydroxylation sites is 1. The Labute approximate surface area is 198 Å². The van der Waals surface area contributed by atoms with Crippen LogP contribution in [-0.4, -0.2) is 69.1 Å². The van der Waals surface area contributed by atoms with Gasteiger partial charge in [-0.25, -0.2) is 14.8 Å². The fourth-order valence-electron chi connectivity index (χ4n) is 4.99. The predicted molar refractivity (Wildman–Crippen MR) is 131 cm³/mol. The van der Waals surface area contributed by atoms with Gasteiger partial charge in [0.05, 0.1) is 17.1 Å². The molecule has 34 heavy (non-hydrogen) atoms. The number of anilines is 1. The second-order valence-electron chi connectivity index (χ2n) is 9.09. The van der Waals surface area contributed by atoms with Crippen molar-refractivity contribution >= 4 is 28.9 Å². The highest BCUT2D eigenvalue weighted by molar-refractivity contribution is 5.93. The van der Waals surface area contributed by atoms with Gasteiger partial charge in [0.25, 0.3) is 0 Å². The van der Waals surface area contributed by atoms with Crippen molar-refractivity contribution in [2.75, 3.05) is 31.5 Å². The number of benzene rings is 2. The van der Waals surface area contributed by atoms with Crippen LogP contribution in [0.25, 0.3) is 22.2 Å². The van der Waals surface area contributed by atoms with Crippen LogP contribution in [-0.2, 0) is 4.79 Å². The highest BCUT2D eigenvalue weighted by atomic mass is 16.4. The van der Waals surface area contributed by atoms with Crippen molar-refractivity contribution in [3.05, 3.63) is 54.6 Å². The zero-order valence-corrected chi connectivity index (χ0v) is 19.1. The van der Waals surface area contributed by atoms with E-state index < -0.39 is 6.09 Å². The lowest BCUT2D eigenvalue weighted by molar-refractivity contribution is -0.138. The van der Waals surface area contributed by atoms with Crippen LogP contribution in [0.3, 0.4) is 0 Å². The Bertz CT molecular complexity index is 1180. The Morgan fingerprint density at radius 1 is 0.882 bits per heavy atom. The molecule has 5 rings (SSSR count). The first-order valence-corrected chi connectivity index (χ1v) is 11.9. The molecule has 1 unspecified atom stereocenters. The van der Waals surface area contributed by atoms with Crippen LogP contribution in [0, 0.1) is 5.92 Å². The van der Waals surface area contributed by atoms with E-state index >= 15 is 0 Å². The average molecular weight is 460 g/mol. The first kappa shape index (κ1) is 22.1. The molecule has 2 aliphatic heterocycles. The summed E-state index contributed by atoms with van der Waals surface area (Å²) in [5.74, 6) is 0.455. The van der Waals surface area contributed by atoms with Crippen LogP contribution in [0.15, 0.2) is 54.6 Å². The molecule has 3 aromatic rings. The lowest BCUT2D eigenvalue weighted by atomic mass is 9.95. The third kappa shape index (κ3) is 4.66. The standard InChI is InChI=1S/C26H29N5O3/c32-24(19-9-6-14-31(17-19)26(33)34)30-15-12-20(13-16-30)27-25-28-22-11-5-4-10-21(22)23(29-25)18-7-2-1-3-8-18/h1-5,7-8,10-11,19-20H,6,9,12-17H2,(H,33,34)(H,27,28,29). The van der Waals surface area contributed by atoms with Crippen molar-refractivity contribution in [2.45, 2.75) is 31.7 Å². The smallest absolute Gasteiger partial charge is 0.407 e. The number of nitrogens with one attached hydrogen (secondary N) is 1. The second kappa shape index (κ2) is 9.67. The number of rotatable bonds is 4. The number of fused-ring (bicyclic) bond motifs is 1. The number of nitrogens with zero attached hydrogens (tertiary/aromatic N) is 4. The van der Waals surface area contributed by atoms with Gasteiger partial charge in [0.15, 0.2) is 0 Å². The minimum atomic E-state index is -0.939. The van der Waals surface area contributed by atoms with Crippen LogP contribution in [0.4, 0.5) is 10.7 Å². The monoisotopic (exact) mass is 459 g/mol. The van der Waals surface area contributed by atoms with Crippen molar-refractivity contribution in [1.82, 2.24) is 19.8 Å². The van der Waals surface area contributed by atoms with E-state index in [1.807, 2.05) is 47.4 Å². The largest absolute Gasteiger partial charge is 0.465 e. The number of amides is 2. The number of aromatic nitrogens is 2. The van der Waals surface area contributed by atoms with Crippen LogP contribution in [0.2, 0.25) is 0 Å². The molecule has 2 saturated heterocycles. The van der Waals surface area contributed by atoms with E-state index in [2.05, 4.69) is 17.4 Å². The van der Waals surface area contributed by atoms with E-state index in [-0.39, 0.29) is 17.9 Å². The number of carbonyl (C=O) groups is 2. The summed E-state index contributed by atoms with van der Waals surface area (Å²) in [4.78, 5) is 37.1. The van der Waals surface area contributed by atoms with Gasteiger partial charge in [-0.2, -0.15) is 0 Å². The Morgan fingerprint density at radius 2 is 1.62 bits per heavy atom. The minimum absolute atomic E-state index is 0.0812. The Morgan fingerprint density at radius 3 is 2.38 bits per heavy atom. The maximum absolute atomic E-state index is 13.0. The minimum Gasteiger partial charge on any atom is -0.465 e. The first-order chi connectivity index (χ1) is 16.6. The summed E-state index contributed by atoms with van der Waals surface area (Å²) in [6.45, 7) is 2.12. The number of likely N-dealkylation sites (tertiary alicyclic amines) is 2. The van der Waals surface area contributed by atoms with Crippen molar-refractivity contribution in [2.24, 2.45) is 5.92 Å². The fourth-order valence-corrected chi connectivity index (χ4v) is 4.99. The highest BCUT2D eigenvalue weighted by Crippen LogP contribution is 2.28. The zero-order chi connectivity index (χ0) is 23.5. The first-order valence-electron chi connectivity index (χ1n) is 11.9. The molecule has 2 aliphatic rings. The lowest BCUT2D eigenvalue weighted by Gasteiger charge is -2.37. The molecule has 0 saturated carbocycles. The fraction of sp³-hybridized carbons (Fsp3) is 0.385. The molecule has 176 valence electrons. The van der Waals surface area contributed by atoms with Crippen LogP contribution >= 0.6 is 0 Å². The maximum Gasteiger partial charge on any atom is 0.407 e. The molecule has 0 aliphatic carbocycles. The van der Waals surface area contributed by atoms with E-state index in [1.54, 1.807) is 0 Å². The van der Waals surface area contributed by atoms with Gasteiger partial charge in [-0.05, 0) is 31.7 Å². The topological polar surface area (TPSA) is 98.7 Å². The van der Waals surface area contributed by atoms with Gasteiger partial charge in [0.1, 0.15) is 0 Å². The van der Waals surface area contributed by atoms with Gasteiger partial charge in [0, 0.05) is 43.2 Å². The van der Waals surface area contributed by atoms with Gasteiger partial charge in [-0.15, -0.1) is 0 Å². The van der Waals surface area contributed by atoms with Gasteiger partial charge in [0.2, 0.25) is 11.9 Å². The second-order valence-corrected chi connectivity index (χ2v) is 9.09. The van der Waals surface area contributed by atoms with E-state index in [9.17, 15) is 14.7 Å². The molecule has 0 radical (unpaired) electrons. The number of hydrogen-bond acceptors (Lipinski definition) is 5. The summed E-state index contributed by atoms with van der Waals surface area (Å²) in [6, 6.07) is 18.3. The molecule has 2 amide bonds. The lowest BCUT2D eigenvalue weighted by Crippen LogP contribution is -2.49. The molecule has 1 aromatic heterocycles. The van der Waals surface area contributed by atoms with Crippen LogP contribution in [0.1, 0.15) is 25.7 Å². The average Bonchev–Trinajstić information content (AvgIpc) is 2.89. The van der Waals surface area contributed by atoms with Crippen molar-refractivity contribution in [3.8, 4) is 11.3 Å². The third-order valence-corrected chi connectivity index (χ3v) is 6.83. The Hall–Kier alpha value is -3.68. The number of piperidine rings is 2. The summed E-state index contributed by atoms with van der Waals surface area (Å²) in [7, 11) is 0. The van der Waals surface area contributed by atoms with E-state index in [0.717, 1.165) is 47.8 Å². The summed E-state index contributed by atoms with van der Waals surface area (Å²) in [5.41, 5.74) is 2.85. The van der Waals surface area contributed by atoms with E-state index in [4.69, 9.17) is 9.97 Å². The summed E-state index contributed by atoms with van der Waals surface area (Å²) in [6.07, 6.45) is 2.17. The molecule has 8 heteroatoms. The highest BCUT2D eigenvalue weighted by Gasteiger charge is 2.33. The van der Waals surface area contributed by atoms with Gasteiger partial charge in [-0.1, -0.05) is 48.5 Å². The van der Waals surface area contributed by atoms with Crippen LogP contribution in [0.5, 0.6) is 0 Å². The maximum atomic E-state index is 13.0. The molecule has 8 nitrogen and oxygen atoms in total. The summed E-state index contributed by atoms with van der Waals surface area (Å²) < 4.78 is 0. The summed E-state index contributed by atoms with van der Waals surface area (Å²) >= 11 is 0. The molecule has 3 heterocycles. The van der Waals surface area contributed by atoms with Crippen molar-refractivity contribution in [1.29, 1.82) is 0 Å². The summed E-state index contributed by atoms with van der Waals surface area (Å²) in [5, 5.41) is 13.8. The van der Waals surface area contributed by atoms with E-state index in [0.29, 0.717) is 32.1 Å². The molecule has 0 bridgehead atoms. The van der Waals surface area contributed by atoms with Crippen LogP contribution < -0.4 is 5.32 Å². The molecular formula is C26H29N5O3. The van der Waals surface area contributed by atoms with Crippen molar-refractivity contribution < 1.29 is 14.7 Å². The van der Waals surface area contributed by atoms with Gasteiger partial charge in [-0.3, -0.25) is 4.79 Å². The predicted octanol–water partition coefficient (Wildman–Crippen LogP) is 4.09. The van der Waals surface area contributed by atoms with E-state index in [1.165, 1.54) is 4.90 Å². The molecule has 0 spiro atoms. The van der Waals surface area contributed by atoms with Gasteiger partial charge >= 0.3 is 6.09 Å².